The second-order valence-corrected chi connectivity index (χ2v) is 9.96. The highest BCUT2D eigenvalue weighted by Gasteiger charge is 2.53. The van der Waals surface area contributed by atoms with Crippen LogP contribution in [0.3, 0.4) is 0 Å². The van der Waals surface area contributed by atoms with Crippen LogP contribution in [0.5, 0.6) is 0 Å². The first-order chi connectivity index (χ1) is 18.0. The Morgan fingerprint density at radius 2 is 1.87 bits per heavy atom. The lowest BCUT2D eigenvalue weighted by Gasteiger charge is -2.50. The second-order valence-electron chi connectivity index (χ2n) is 9.55. The Morgan fingerprint density at radius 3 is 2.50 bits per heavy atom. The molecule has 200 valence electrons. The zero-order chi connectivity index (χ0) is 27.8. The van der Waals surface area contributed by atoms with Gasteiger partial charge in [-0.15, -0.1) is 0 Å². The number of aryl methyl sites for hydroxylation is 1. The number of aromatic nitrogens is 2. The third-order valence-corrected chi connectivity index (χ3v) is 7.05. The predicted molar refractivity (Wildman–Crippen MR) is 142 cm³/mol. The summed E-state index contributed by atoms with van der Waals surface area (Å²) in [5.74, 6) is -1.62. The molecule has 1 saturated heterocycles. The van der Waals surface area contributed by atoms with Crippen molar-refractivity contribution in [2.24, 2.45) is 7.05 Å². The molecule has 2 heterocycles. The summed E-state index contributed by atoms with van der Waals surface area (Å²) in [5.41, 5.74) is 0.979. The molecule has 0 atom stereocenters. The number of amides is 2. The Kier molecular flexibility index (Phi) is 7.46. The van der Waals surface area contributed by atoms with Crippen molar-refractivity contribution in [2.45, 2.75) is 25.2 Å². The van der Waals surface area contributed by atoms with Crippen LogP contribution in [-0.2, 0) is 22.0 Å². The van der Waals surface area contributed by atoms with Gasteiger partial charge >= 0.3 is 5.97 Å². The van der Waals surface area contributed by atoms with Crippen LogP contribution in [0.4, 0.5) is 16.0 Å². The Balaban J connectivity index is 1.76. The molecule has 9 nitrogen and oxygen atoms in total. The zero-order valence-corrected chi connectivity index (χ0v) is 22.5. The fourth-order valence-electron chi connectivity index (χ4n) is 4.79. The lowest BCUT2D eigenvalue weighted by atomic mass is 9.69. The van der Waals surface area contributed by atoms with E-state index in [4.69, 9.17) is 16.3 Å². The minimum absolute atomic E-state index is 0.0149. The molecule has 2 aromatic carbocycles. The lowest BCUT2D eigenvalue weighted by molar-refractivity contribution is -0.122. The van der Waals surface area contributed by atoms with Gasteiger partial charge in [0.15, 0.2) is 5.69 Å². The number of halogens is 2. The van der Waals surface area contributed by atoms with Crippen molar-refractivity contribution in [2.75, 3.05) is 37.5 Å². The van der Waals surface area contributed by atoms with E-state index in [0.717, 1.165) is 17.2 Å². The number of nitrogens with one attached hydrogen (secondary N) is 2. The fraction of sp³-hybridized carbons (Fsp3) is 0.333. The number of esters is 1. The summed E-state index contributed by atoms with van der Waals surface area (Å²) in [6.07, 6.45) is 1.56. The van der Waals surface area contributed by atoms with Crippen LogP contribution in [0, 0.1) is 5.82 Å². The van der Waals surface area contributed by atoms with Gasteiger partial charge in [-0.25, -0.2) is 14.2 Å². The number of methoxy groups -OCH3 is 1. The highest BCUT2D eigenvalue weighted by molar-refractivity contribution is 6.31. The third kappa shape index (κ3) is 4.71. The van der Waals surface area contributed by atoms with Crippen LogP contribution in [0.1, 0.15) is 51.7 Å². The van der Waals surface area contributed by atoms with E-state index in [2.05, 4.69) is 15.6 Å². The second kappa shape index (κ2) is 10.4. The van der Waals surface area contributed by atoms with E-state index in [-0.39, 0.29) is 41.0 Å². The molecule has 11 heteroatoms. The van der Waals surface area contributed by atoms with Gasteiger partial charge in [-0.1, -0.05) is 49.7 Å². The molecule has 0 saturated carbocycles. The Hall–Kier alpha value is -3.92. The number of carbonyl (C=O) groups excluding carboxylic acids is 3. The van der Waals surface area contributed by atoms with E-state index in [1.807, 2.05) is 43.0 Å². The minimum Gasteiger partial charge on any atom is -0.464 e. The SMILES string of the molecule is CNC(=O)c1cc(Cl)c(F)cc1NC(=O)C1(c2ccccc2C(C)C)CN(c2nc(C(=O)OC)cn2C)C1. The first-order valence-electron chi connectivity index (χ1n) is 12.0. The smallest absolute Gasteiger partial charge is 0.358 e. The summed E-state index contributed by atoms with van der Waals surface area (Å²) in [7, 11) is 4.47. The molecular weight excluding hydrogens is 513 g/mol. The molecule has 2 N–H and O–H groups in total. The zero-order valence-electron chi connectivity index (χ0n) is 21.8. The number of ether oxygens (including phenoxy) is 1. The van der Waals surface area contributed by atoms with E-state index in [9.17, 15) is 18.8 Å². The van der Waals surface area contributed by atoms with Gasteiger partial charge in [-0.2, -0.15) is 0 Å². The summed E-state index contributed by atoms with van der Waals surface area (Å²) in [4.78, 5) is 44.8. The highest BCUT2D eigenvalue weighted by atomic mass is 35.5. The molecule has 0 bridgehead atoms. The van der Waals surface area contributed by atoms with E-state index >= 15 is 0 Å². The standard InChI is InChI=1S/C27H29ClFN5O4/c1-15(2)16-8-6-7-9-18(16)27(13-34(14-27)26-32-22(12-33(26)4)24(36)38-5)25(37)31-21-11-20(29)19(28)10-17(21)23(35)30-3/h6-12,15H,13-14H2,1-5H3,(H,30,35)(H,31,37). The lowest BCUT2D eigenvalue weighted by Crippen LogP contribution is -2.66. The average molecular weight is 542 g/mol. The number of nitrogens with zero attached hydrogens (tertiary/aromatic N) is 3. The highest BCUT2D eigenvalue weighted by Crippen LogP contribution is 2.42. The van der Waals surface area contributed by atoms with Crippen LogP contribution >= 0.6 is 11.6 Å². The number of benzene rings is 2. The summed E-state index contributed by atoms with van der Waals surface area (Å²) in [6.45, 7) is 4.56. The molecule has 3 aromatic rings. The van der Waals surface area contributed by atoms with Crippen molar-refractivity contribution < 1.29 is 23.5 Å². The topological polar surface area (TPSA) is 106 Å². The van der Waals surface area contributed by atoms with Gasteiger partial charge in [0, 0.05) is 33.4 Å². The predicted octanol–water partition coefficient (Wildman–Crippen LogP) is 3.88. The molecule has 1 aliphatic rings. The summed E-state index contributed by atoms with van der Waals surface area (Å²) in [6, 6.07) is 9.91. The first-order valence-corrected chi connectivity index (χ1v) is 12.4. The average Bonchev–Trinajstić information content (AvgIpc) is 3.25. The van der Waals surface area contributed by atoms with Gasteiger partial charge in [0.1, 0.15) is 11.2 Å². The summed E-state index contributed by atoms with van der Waals surface area (Å²) >= 11 is 5.92. The van der Waals surface area contributed by atoms with Crippen LogP contribution in [0.15, 0.2) is 42.6 Å². The molecular formula is C27H29ClFN5O4. The molecule has 0 radical (unpaired) electrons. The van der Waals surface area contributed by atoms with Gasteiger partial charge in [0.25, 0.3) is 5.91 Å². The van der Waals surface area contributed by atoms with Crippen molar-refractivity contribution in [3.05, 3.63) is 75.8 Å². The van der Waals surface area contributed by atoms with Gasteiger partial charge in [-0.3, -0.25) is 9.59 Å². The monoisotopic (exact) mass is 541 g/mol. The van der Waals surface area contributed by atoms with Crippen molar-refractivity contribution in [1.29, 1.82) is 0 Å². The van der Waals surface area contributed by atoms with Crippen molar-refractivity contribution in [3.8, 4) is 0 Å². The molecule has 2 amide bonds. The molecule has 0 aliphatic carbocycles. The van der Waals surface area contributed by atoms with Gasteiger partial charge in [0.2, 0.25) is 11.9 Å². The maximum absolute atomic E-state index is 14.4. The molecule has 4 rings (SSSR count). The molecule has 1 aromatic heterocycles. The number of imidazole rings is 1. The van der Waals surface area contributed by atoms with Crippen LogP contribution in [0.2, 0.25) is 5.02 Å². The minimum atomic E-state index is -1.05. The normalized spacial score (nSPS) is 14.2. The van der Waals surface area contributed by atoms with Crippen molar-refractivity contribution >= 4 is 41.0 Å². The van der Waals surface area contributed by atoms with E-state index < -0.39 is 29.0 Å². The van der Waals surface area contributed by atoms with E-state index in [1.54, 1.807) is 17.8 Å². The van der Waals surface area contributed by atoms with Gasteiger partial charge < -0.3 is 24.8 Å². The van der Waals surface area contributed by atoms with Crippen molar-refractivity contribution in [1.82, 2.24) is 14.9 Å². The molecule has 38 heavy (non-hydrogen) atoms. The summed E-state index contributed by atoms with van der Waals surface area (Å²) < 4.78 is 20.9. The maximum atomic E-state index is 14.4. The van der Waals surface area contributed by atoms with Crippen molar-refractivity contribution in [3.63, 3.8) is 0 Å². The van der Waals surface area contributed by atoms with E-state index in [1.165, 1.54) is 20.2 Å². The maximum Gasteiger partial charge on any atom is 0.358 e. The Bertz CT molecular complexity index is 1410. The summed E-state index contributed by atoms with van der Waals surface area (Å²) in [5, 5.41) is 5.05. The molecule has 1 aliphatic heterocycles. The Labute approximate surface area is 224 Å². The van der Waals surface area contributed by atoms with Crippen LogP contribution in [0.25, 0.3) is 0 Å². The Morgan fingerprint density at radius 1 is 1.18 bits per heavy atom. The van der Waals surface area contributed by atoms with E-state index in [0.29, 0.717) is 5.95 Å². The van der Waals surface area contributed by atoms with Gasteiger partial charge in [0.05, 0.1) is 23.4 Å². The number of hydrogen-bond donors (Lipinski definition) is 2. The van der Waals surface area contributed by atoms with Crippen LogP contribution < -0.4 is 15.5 Å². The third-order valence-electron chi connectivity index (χ3n) is 6.76. The quantitative estimate of drug-likeness (QED) is 0.440. The fourth-order valence-corrected chi connectivity index (χ4v) is 4.95. The molecule has 0 spiro atoms. The number of rotatable bonds is 7. The number of hydrogen-bond acceptors (Lipinski definition) is 6. The van der Waals surface area contributed by atoms with Gasteiger partial charge in [-0.05, 0) is 29.2 Å². The number of anilines is 2. The number of carbonyl (C=O) groups is 3. The molecule has 0 unspecified atom stereocenters. The van der Waals surface area contributed by atoms with Crippen LogP contribution in [-0.4, -0.2) is 54.6 Å². The largest absolute Gasteiger partial charge is 0.464 e. The first kappa shape index (κ1) is 27.1. The molecule has 1 fully saturated rings.